The van der Waals surface area contributed by atoms with E-state index in [2.05, 4.69) is 6.92 Å². The maximum absolute atomic E-state index is 9.48. The third kappa shape index (κ3) is 3.82. The number of unbranched alkanes of at least 4 members (excludes halogenated alkanes) is 1. The minimum absolute atomic E-state index is 0.430. The van der Waals surface area contributed by atoms with Crippen molar-refractivity contribution >= 4 is 11.6 Å². The Morgan fingerprint density at radius 2 is 1.87 bits per heavy atom. The van der Waals surface area contributed by atoms with E-state index in [0.717, 1.165) is 18.4 Å². The van der Waals surface area contributed by atoms with Crippen molar-refractivity contribution in [3.8, 4) is 0 Å². The molecule has 1 atom stereocenters. The second kappa shape index (κ2) is 5.50. The van der Waals surface area contributed by atoms with Crippen molar-refractivity contribution in [3.63, 3.8) is 0 Å². The summed E-state index contributed by atoms with van der Waals surface area (Å²) in [5.74, 6) is -0.430. The van der Waals surface area contributed by atoms with E-state index in [1.165, 1.54) is 0 Å². The van der Waals surface area contributed by atoms with Gasteiger partial charge in [0.2, 0.25) is 5.25 Å². The molecule has 1 rings (SSSR count). The topological polar surface area (TPSA) is 40.5 Å². The summed E-state index contributed by atoms with van der Waals surface area (Å²) >= 11 is 5.58. The van der Waals surface area contributed by atoms with Crippen molar-refractivity contribution in [2.45, 2.75) is 37.4 Å². The smallest absolute Gasteiger partial charge is 0.250 e. The molecule has 0 aliphatic carbocycles. The lowest BCUT2D eigenvalue weighted by atomic mass is 9.93. The van der Waals surface area contributed by atoms with Crippen molar-refractivity contribution in [2.75, 3.05) is 0 Å². The Bertz CT molecular complexity index is 279. The summed E-state index contributed by atoms with van der Waals surface area (Å²) in [7, 11) is 0. The highest BCUT2D eigenvalue weighted by Crippen LogP contribution is 2.33. The number of hydrogen-bond acceptors (Lipinski definition) is 2. The summed E-state index contributed by atoms with van der Waals surface area (Å²) in [6.07, 6.45) is 2.61. The first-order valence-electron chi connectivity index (χ1n) is 5.24. The van der Waals surface area contributed by atoms with E-state index in [1.807, 2.05) is 30.3 Å². The van der Waals surface area contributed by atoms with Gasteiger partial charge < -0.3 is 10.2 Å². The first-order chi connectivity index (χ1) is 7.05. The van der Waals surface area contributed by atoms with Gasteiger partial charge in [-0.1, -0.05) is 61.7 Å². The summed E-state index contributed by atoms with van der Waals surface area (Å²) in [4.78, 5) is 0. The highest BCUT2D eigenvalue weighted by atomic mass is 35.5. The summed E-state index contributed by atoms with van der Waals surface area (Å²) in [5, 5.41) is 16.8. The van der Waals surface area contributed by atoms with Crippen LogP contribution in [-0.4, -0.2) is 15.5 Å². The minimum Gasteiger partial charge on any atom is -0.353 e. The summed E-state index contributed by atoms with van der Waals surface area (Å²) in [5.41, 5.74) is 0.867. The number of benzene rings is 1. The fraction of sp³-hybridized carbons (Fsp3) is 0.500. The highest BCUT2D eigenvalue weighted by molar-refractivity contribution is 6.22. The summed E-state index contributed by atoms with van der Waals surface area (Å²) in [6, 6.07) is 9.37. The van der Waals surface area contributed by atoms with Crippen LogP contribution >= 0.6 is 11.6 Å². The van der Waals surface area contributed by atoms with Gasteiger partial charge in [0.1, 0.15) is 0 Å². The molecular weight excluding hydrogens is 212 g/mol. The molecule has 0 aliphatic rings. The van der Waals surface area contributed by atoms with Gasteiger partial charge in [0, 0.05) is 0 Å². The van der Waals surface area contributed by atoms with Crippen molar-refractivity contribution in [3.05, 3.63) is 35.9 Å². The fourth-order valence-corrected chi connectivity index (χ4v) is 1.89. The Morgan fingerprint density at radius 1 is 1.27 bits per heavy atom. The molecule has 0 aromatic heterocycles. The lowest BCUT2D eigenvalue weighted by molar-refractivity contribution is -0.106. The average Bonchev–Trinajstić information content (AvgIpc) is 2.18. The van der Waals surface area contributed by atoms with Gasteiger partial charge in [-0.15, -0.1) is 0 Å². The second-order valence-electron chi connectivity index (χ2n) is 3.74. The van der Waals surface area contributed by atoms with Crippen molar-refractivity contribution in [1.29, 1.82) is 0 Å². The molecular formula is C12H17ClO2. The van der Waals surface area contributed by atoms with Gasteiger partial charge >= 0.3 is 0 Å². The quantitative estimate of drug-likeness (QED) is 0.601. The maximum Gasteiger partial charge on any atom is 0.250 e. The highest BCUT2D eigenvalue weighted by Gasteiger charge is 2.32. The molecule has 0 spiro atoms. The largest absolute Gasteiger partial charge is 0.353 e. The number of alkyl halides is 1. The lowest BCUT2D eigenvalue weighted by Crippen LogP contribution is -2.29. The number of hydrogen-bond donors (Lipinski definition) is 2. The van der Waals surface area contributed by atoms with Gasteiger partial charge in [0.05, 0.1) is 5.92 Å². The van der Waals surface area contributed by atoms with Crippen LogP contribution < -0.4 is 0 Å². The molecule has 0 fully saturated rings. The predicted octanol–water partition coefficient (Wildman–Crippen LogP) is 2.84. The zero-order valence-electron chi connectivity index (χ0n) is 8.86. The van der Waals surface area contributed by atoms with Crippen molar-refractivity contribution in [1.82, 2.24) is 0 Å². The second-order valence-corrected chi connectivity index (χ2v) is 4.30. The molecule has 0 heterocycles. The Morgan fingerprint density at radius 3 is 2.33 bits per heavy atom. The maximum atomic E-state index is 9.48. The third-order valence-electron chi connectivity index (χ3n) is 2.49. The van der Waals surface area contributed by atoms with E-state index in [-0.39, 0.29) is 0 Å². The molecule has 0 aliphatic heterocycles. The number of halogens is 1. The van der Waals surface area contributed by atoms with Gasteiger partial charge in [0.15, 0.2) is 0 Å². The van der Waals surface area contributed by atoms with Crippen LogP contribution in [0.4, 0.5) is 0 Å². The van der Waals surface area contributed by atoms with Crippen LogP contribution in [-0.2, 0) is 0 Å². The summed E-state index contributed by atoms with van der Waals surface area (Å²) < 4.78 is 0. The minimum atomic E-state index is -2.16. The van der Waals surface area contributed by atoms with E-state index >= 15 is 0 Å². The van der Waals surface area contributed by atoms with Crippen LogP contribution in [0.15, 0.2) is 30.3 Å². The van der Waals surface area contributed by atoms with E-state index in [0.29, 0.717) is 6.42 Å². The monoisotopic (exact) mass is 228 g/mol. The SMILES string of the molecule is CCCCC(c1ccccc1)C(O)(O)Cl. The fourth-order valence-electron chi connectivity index (χ4n) is 1.66. The Kier molecular flexibility index (Phi) is 4.58. The molecule has 2 nitrogen and oxygen atoms in total. The third-order valence-corrected chi connectivity index (χ3v) is 2.76. The Hall–Kier alpha value is -0.570. The molecule has 1 aromatic rings. The van der Waals surface area contributed by atoms with E-state index in [1.54, 1.807) is 0 Å². The van der Waals surface area contributed by atoms with Crippen LogP contribution in [0.2, 0.25) is 0 Å². The van der Waals surface area contributed by atoms with Crippen LogP contribution in [0.1, 0.15) is 37.7 Å². The molecule has 0 saturated carbocycles. The molecule has 3 heteroatoms. The predicted molar refractivity (Wildman–Crippen MR) is 61.7 cm³/mol. The molecule has 0 saturated heterocycles. The lowest BCUT2D eigenvalue weighted by Gasteiger charge is -2.25. The number of rotatable bonds is 5. The van der Waals surface area contributed by atoms with Gasteiger partial charge in [-0.2, -0.15) is 0 Å². The molecule has 0 bridgehead atoms. The van der Waals surface area contributed by atoms with Gasteiger partial charge in [-0.05, 0) is 12.0 Å². The van der Waals surface area contributed by atoms with Crippen molar-refractivity contribution < 1.29 is 10.2 Å². The van der Waals surface area contributed by atoms with Gasteiger partial charge in [-0.25, -0.2) is 0 Å². The first kappa shape index (κ1) is 12.5. The molecule has 15 heavy (non-hydrogen) atoms. The normalized spacial score (nSPS) is 13.9. The van der Waals surface area contributed by atoms with Crippen LogP contribution in [0.5, 0.6) is 0 Å². The van der Waals surface area contributed by atoms with Gasteiger partial charge in [-0.3, -0.25) is 0 Å². The van der Waals surface area contributed by atoms with Crippen molar-refractivity contribution in [2.24, 2.45) is 0 Å². The average molecular weight is 229 g/mol. The van der Waals surface area contributed by atoms with E-state index < -0.39 is 11.2 Å². The Labute approximate surface area is 95.5 Å². The zero-order valence-corrected chi connectivity index (χ0v) is 9.61. The summed E-state index contributed by atoms with van der Waals surface area (Å²) in [6.45, 7) is 2.06. The molecule has 2 N–H and O–H groups in total. The molecule has 0 radical (unpaired) electrons. The van der Waals surface area contributed by atoms with Crippen LogP contribution in [0.25, 0.3) is 0 Å². The van der Waals surface area contributed by atoms with Crippen LogP contribution in [0, 0.1) is 0 Å². The molecule has 0 amide bonds. The first-order valence-corrected chi connectivity index (χ1v) is 5.62. The van der Waals surface area contributed by atoms with Gasteiger partial charge in [0.25, 0.3) is 0 Å². The molecule has 1 aromatic carbocycles. The number of aliphatic hydroxyl groups is 2. The van der Waals surface area contributed by atoms with E-state index in [9.17, 15) is 10.2 Å². The van der Waals surface area contributed by atoms with Crippen LogP contribution in [0.3, 0.4) is 0 Å². The molecule has 84 valence electrons. The van der Waals surface area contributed by atoms with E-state index in [4.69, 9.17) is 11.6 Å². The Balaban J connectivity index is 2.82. The standard InChI is InChI=1S/C12H17ClO2/c1-2-3-9-11(12(13,14)15)10-7-5-4-6-8-10/h4-8,11,14-15H,2-3,9H2,1H3. The zero-order chi connectivity index (χ0) is 11.3. The molecule has 1 unspecified atom stereocenters.